The van der Waals surface area contributed by atoms with E-state index in [0.717, 1.165) is 19.3 Å². The van der Waals surface area contributed by atoms with Crippen molar-refractivity contribution in [3.63, 3.8) is 0 Å². The molecule has 43 heavy (non-hydrogen) atoms. The predicted molar refractivity (Wildman–Crippen MR) is 157 cm³/mol. The highest BCUT2D eigenvalue weighted by Crippen LogP contribution is 2.69. The van der Waals surface area contributed by atoms with Crippen LogP contribution in [0.15, 0.2) is 12.2 Å². The molecule has 17 unspecified atom stereocenters. The van der Waals surface area contributed by atoms with Crippen LogP contribution in [0, 0.1) is 46.3 Å². The molecule has 10 heteroatoms. The predicted octanol–water partition coefficient (Wildman–Crippen LogP) is 1.36. The van der Waals surface area contributed by atoms with Crippen molar-refractivity contribution in [2.75, 3.05) is 20.3 Å². The number of methoxy groups -OCH3 is 1. The zero-order valence-corrected chi connectivity index (χ0v) is 26.5. The van der Waals surface area contributed by atoms with Gasteiger partial charge in [0.15, 0.2) is 6.29 Å². The lowest BCUT2D eigenvalue weighted by molar-refractivity contribution is -0.280. The highest BCUT2D eigenvalue weighted by atomic mass is 16.7. The molecule has 17 atom stereocenters. The van der Waals surface area contributed by atoms with Crippen molar-refractivity contribution in [2.45, 2.75) is 127 Å². The second-order valence-electron chi connectivity index (χ2n) is 15.3. The van der Waals surface area contributed by atoms with Crippen LogP contribution in [0.25, 0.3) is 0 Å². The summed E-state index contributed by atoms with van der Waals surface area (Å²) in [5, 5.41) is 76.8. The molecule has 0 aromatic heterocycles. The van der Waals surface area contributed by atoms with E-state index in [2.05, 4.69) is 39.8 Å². The Kier molecular flexibility index (Phi) is 9.80. The fourth-order valence-corrected chi connectivity index (χ4v) is 10.6. The highest BCUT2D eigenvalue weighted by Gasteiger charge is 2.71. The van der Waals surface area contributed by atoms with Gasteiger partial charge in [-0.05, 0) is 73.0 Å². The Morgan fingerprint density at radius 2 is 1.60 bits per heavy atom. The normalized spacial score (nSPS) is 53.2. The lowest BCUT2D eigenvalue weighted by Gasteiger charge is -2.66. The van der Waals surface area contributed by atoms with E-state index in [4.69, 9.17) is 14.2 Å². The summed E-state index contributed by atoms with van der Waals surface area (Å²) in [5.74, 6) is -0.558. The monoisotopic (exact) mass is 612 g/mol. The van der Waals surface area contributed by atoms with Gasteiger partial charge >= 0.3 is 0 Å². The van der Waals surface area contributed by atoms with E-state index in [1.165, 1.54) is 7.11 Å². The second kappa shape index (κ2) is 12.5. The van der Waals surface area contributed by atoms with Gasteiger partial charge in [0, 0.05) is 25.4 Å². The van der Waals surface area contributed by atoms with Crippen LogP contribution >= 0.6 is 0 Å². The Morgan fingerprint density at radius 1 is 0.907 bits per heavy atom. The van der Waals surface area contributed by atoms with Crippen molar-refractivity contribution >= 4 is 0 Å². The molecule has 1 heterocycles. The topological polar surface area (TPSA) is 169 Å². The summed E-state index contributed by atoms with van der Waals surface area (Å²) >= 11 is 0. The van der Waals surface area contributed by atoms with Crippen molar-refractivity contribution in [1.29, 1.82) is 0 Å². The molecule has 4 saturated carbocycles. The van der Waals surface area contributed by atoms with Crippen LogP contribution in [0.3, 0.4) is 0 Å². The van der Waals surface area contributed by atoms with E-state index in [9.17, 15) is 35.7 Å². The van der Waals surface area contributed by atoms with Crippen LogP contribution in [0.5, 0.6) is 0 Å². The molecular weight excluding hydrogens is 556 g/mol. The number of hydrogen-bond acceptors (Lipinski definition) is 10. The first-order chi connectivity index (χ1) is 20.2. The van der Waals surface area contributed by atoms with Gasteiger partial charge in [-0.25, -0.2) is 0 Å². The van der Waals surface area contributed by atoms with Gasteiger partial charge in [-0.15, -0.1) is 0 Å². The number of ether oxygens (including phenoxy) is 3. The maximum Gasteiger partial charge on any atom is 0.186 e. The summed E-state index contributed by atoms with van der Waals surface area (Å²) < 4.78 is 16.5. The average molecular weight is 613 g/mol. The maximum absolute atomic E-state index is 12.5. The van der Waals surface area contributed by atoms with Crippen LogP contribution in [0.4, 0.5) is 0 Å². The lowest BCUT2D eigenvalue weighted by Crippen LogP contribution is -2.70. The van der Waals surface area contributed by atoms with Gasteiger partial charge in [-0.1, -0.05) is 39.8 Å². The zero-order valence-electron chi connectivity index (χ0n) is 26.5. The molecular formula is C33H56O10. The number of rotatable bonds is 8. The number of aliphatic hydroxyl groups excluding tert-OH is 6. The molecule has 0 spiro atoms. The summed E-state index contributed by atoms with van der Waals surface area (Å²) in [6, 6.07) is 0. The molecule has 10 nitrogen and oxygen atoms in total. The van der Waals surface area contributed by atoms with Gasteiger partial charge in [0.05, 0.1) is 43.2 Å². The Bertz CT molecular complexity index is 995. The van der Waals surface area contributed by atoms with Crippen LogP contribution in [-0.4, -0.2) is 111 Å². The fourth-order valence-electron chi connectivity index (χ4n) is 10.6. The van der Waals surface area contributed by atoms with Crippen LogP contribution in [-0.2, 0) is 14.2 Å². The van der Waals surface area contributed by atoms with E-state index in [1.807, 2.05) is 0 Å². The fraction of sp³-hybridized carbons (Fsp3) is 0.939. The molecule has 1 saturated heterocycles. The molecule has 5 aliphatic rings. The van der Waals surface area contributed by atoms with Gasteiger partial charge in [0.2, 0.25) is 0 Å². The maximum atomic E-state index is 12.5. The molecule has 5 fully saturated rings. The van der Waals surface area contributed by atoms with Crippen molar-refractivity contribution < 1.29 is 50.0 Å². The third kappa shape index (κ3) is 5.66. The third-order valence-electron chi connectivity index (χ3n) is 12.7. The van der Waals surface area contributed by atoms with Crippen LogP contribution < -0.4 is 0 Å². The number of hydrogen-bond donors (Lipinski definition) is 7. The van der Waals surface area contributed by atoms with Crippen molar-refractivity contribution in [3.8, 4) is 0 Å². The number of fused-ring (bicyclic) bond motifs is 5. The number of aliphatic hydroxyl groups is 7. The molecule has 7 N–H and O–H groups in total. The first-order valence-electron chi connectivity index (χ1n) is 16.4. The van der Waals surface area contributed by atoms with Gasteiger partial charge < -0.3 is 50.0 Å². The highest BCUT2D eigenvalue weighted by molar-refractivity contribution is 5.21. The van der Waals surface area contributed by atoms with Crippen molar-refractivity contribution in [2.24, 2.45) is 46.3 Å². The van der Waals surface area contributed by atoms with E-state index >= 15 is 0 Å². The Labute approximate surface area is 256 Å². The molecule has 5 rings (SSSR count). The third-order valence-corrected chi connectivity index (χ3v) is 12.7. The number of allylic oxidation sites excluding steroid dienone is 2. The Morgan fingerprint density at radius 3 is 2.30 bits per heavy atom. The smallest absolute Gasteiger partial charge is 0.186 e. The molecule has 248 valence electrons. The zero-order chi connectivity index (χ0) is 31.5. The summed E-state index contributed by atoms with van der Waals surface area (Å²) in [7, 11) is 1.44. The van der Waals surface area contributed by atoms with Gasteiger partial charge in [0.1, 0.15) is 18.3 Å². The van der Waals surface area contributed by atoms with E-state index < -0.39 is 66.0 Å². The summed E-state index contributed by atoms with van der Waals surface area (Å²) in [6.45, 7) is 8.91. The van der Waals surface area contributed by atoms with Crippen LogP contribution in [0.2, 0.25) is 0 Å². The molecule has 0 aromatic rings. The van der Waals surface area contributed by atoms with Crippen molar-refractivity contribution in [3.05, 3.63) is 12.2 Å². The van der Waals surface area contributed by atoms with Crippen LogP contribution in [0.1, 0.15) is 72.6 Å². The largest absolute Gasteiger partial charge is 0.393 e. The quantitative estimate of drug-likeness (QED) is 0.199. The minimum absolute atomic E-state index is 0.0404. The molecule has 0 bridgehead atoms. The summed E-state index contributed by atoms with van der Waals surface area (Å²) in [6.07, 6.45) is 1.40. The molecule has 4 aliphatic carbocycles. The molecule has 1 aliphatic heterocycles. The Hall–Kier alpha value is -0.660. The van der Waals surface area contributed by atoms with E-state index in [0.29, 0.717) is 25.9 Å². The average Bonchev–Trinajstić information content (AvgIpc) is 3.21. The molecule has 0 amide bonds. The molecule has 0 radical (unpaired) electrons. The standard InChI is InChI=1S/C33H56O10/c1-17(15-42-30-27(39)28(41-5)23(37)16-43-30)7-6-8-18(2)19-13-21(35)29-31(19,3)12-10-24-32(4)11-9-20(34)26(38)25(32)22(36)14-33(24,29)40/h6,8,17-30,34-40H,7,9-16H2,1-5H3. The van der Waals surface area contributed by atoms with E-state index in [1.54, 1.807) is 0 Å². The first-order valence-corrected chi connectivity index (χ1v) is 16.4. The Balaban J connectivity index is 1.22. The summed E-state index contributed by atoms with van der Waals surface area (Å²) in [4.78, 5) is 0. The van der Waals surface area contributed by atoms with Gasteiger partial charge in [-0.3, -0.25) is 0 Å². The van der Waals surface area contributed by atoms with Gasteiger partial charge in [-0.2, -0.15) is 0 Å². The minimum atomic E-state index is -1.24. The SMILES string of the molecule is COC1C(O)COC(OCC(C)CC=CC(C)C2CC(O)C3C2(C)CCC2C4(C)CCC(O)C(O)C4C(O)CC23O)C1O. The second-order valence-corrected chi connectivity index (χ2v) is 15.3. The van der Waals surface area contributed by atoms with E-state index in [-0.39, 0.29) is 48.0 Å². The lowest BCUT2D eigenvalue weighted by atomic mass is 9.41. The van der Waals surface area contributed by atoms with Gasteiger partial charge in [0.25, 0.3) is 0 Å². The van der Waals surface area contributed by atoms with Crippen molar-refractivity contribution in [1.82, 2.24) is 0 Å². The first kappa shape index (κ1) is 33.7. The minimum Gasteiger partial charge on any atom is -0.393 e. The molecule has 0 aromatic carbocycles. The summed E-state index contributed by atoms with van der Waals surface area (Å²) in [5.41, 5.74) is -2.07.